The summed E-state index contributed by atoms with van der Waals surface area (Å²) >= 11 is 0.713. The Morgan fingerprint density at radius 3 is 2.36 bits per heavy atom. The van der Waals surface area contributed by atoms with Gasteiger partial charge in [0.1, 0.15) is 22.5 Å². The first-order valence-corrected chi connectivity index (χ1v) is 12.6. The van der Waals surface area contributed by atoms with Gasteiger partial charge in [0.2, 0.25) is 5.91 Å². The van der Waals surface area contributed by atoms with Crippen LogP contribution < -0.4 is 21.5 Å². The number of amides is 3. The largest absolute Gasteiger partial charge is 0.497 e. The first-order chi connectivity index (χ1) is 18.8. The molecule has 5 N–H and O–H groups in total. The number of carbonyl (C=O) groups excluding carboxylic acids is 3. The van der Waals surface area contributed by atoms with Gasteiger partial charge in [0, 0.05) is 13.1 Å². The van der Waals surface area contributed by atoms with Crippen LogP contribution in [-0.4, -0.2) is 34.1 Å². The highest BCUT2D eigenvalue weighted by Crippen LogP contribution is 2.31. The number of hydrogen-bond acceptors (Lipinski definition) is 7. The molecule has 11 heteroatoms. The van der Waals surface area contributed by atoms with Gasteiger partial charge in [-0.2, -0.15) is 4.37 Å². The van der Waals surface area contributed by atoms with Crippen LogP contribution in [0.1, 0.15) is 42.9 Å². The molecular formula is C28H26FN5O4S. The summed E-state index contributed by atoms with van der Waals surface area (Å²) in [5.41, 5.74) is 12.9. The van der Waals surface area contributed by atoms with E-state index in [2.05, 4.69) is 9.69 Å². The third kappa shape index (κ3) is 6.39. The topological polar surface area (TPSA) is 141 Å². The zero-order valence-electron chi connectivity index (χ0n) is 21.0. The summed E-state index contributed by atoms with van der Waals surface area (Å²) in [5, 5.41) is 2.88. The van der Waals surface area contributed by atoms with Crippen LogP contribution in [0.25, 0.3) is 0 Å². The molecule has 0 saturated heterocycles. The van der Waals surface area contributed by atoms with E-state index < -0.39 is 29.6 Å². The Labute approximate surface area is 228 Å². The molecule has 39 heavy (non-hydrogen) atoms. The van der Waals surface area contributed by atoms with Crippen LogP contribution in [-0.2, 0) is 17.9 Å². The van der Waals surface area contributed by atoms with E-state index in [4.69, 9.17) is 16.2 Å². The Morgan fingerprint density at radius 1 is 1.03 bits per heavy atom. The number of anilines is 1. The maximum atomic E-state index is 14.0. The van der Waals surface area contributed by atoms with Gasteiger partial charge in [-0.15, -0.1) is 0 Å². The number of nitrogens with zero attached hydrogens (tertiary/aromatic N) is 2. The predicted octanol–water partition coefficient (Wildman–Crippen LogP) is 3.67. The molecule has 9 nitrogen and oxygen atoms in total. The number of nitrogen functional groups attached to an aromatic ring is 1. The van der Waals surface area contributed by atoms with E-state index in [1.807, 2.05) is 30.3 Å². The number of rotatable bonds is 10. The molecule has 0 aliphatic rings. The van der Waals surface area contributed by atoms with Crippen molar-refractivity contribution in [1.82, 2.24) is 14.6 Å². The number of benzene rings is 3. The number of ether oxygens (including phenoxy) is 1. The molecule has 0 saturated carbocycles. The van der Waals surface area contributed by atoms with Crippen molar-refractivity contribution in [1.29, 1.82) is 0 Å². The van der Waals surface area contributed by atoms with Crippen molar-refractivity contribution in [3.05, 3.63) is 112 Å². The first kappa shape index (κ1) is 27.3. The number of methoxy groups -OCH3 is 1. The lowest BCUT2D eigenvalue weighted by Gasteiger charge is -2.31. The summed E-state index contributed by atoms with van der Waals surface area (Å²) in [6, 6.07) is 20.4. The van der Waals surface area contributed by atoms with Gasteiger partial charge in [0.25, 0.3) is 11.8 Å². The highest BCUT2D eigenvalue weighted by Gasteiger charge is 2.35. The molecule has 0 radical (unpaired) electrons. The van der Waals surface area contributed by atoms with E-state index in [1.165, 1.54) is 36.3 Å². The third-order valence-corrected chi connectivity index (χ3v) is 6.81. The maximum Gasteiger partial charge on any atom is 0.270 e. The van der Waals surface area contributed by atoms with E-state index in [-0.39, 0.29) is 29.3 Å². The third-order valence-electron chi connectivity index (χ3n) is 5.96. The summed E-state index contributed by atoms with van der Waals surface area (Å²) in [6.45, 7) is 0.160. The first-order valence-electron chi connectivity index (χ1n) is 11.8. The summed E-state index contributed by atoms with van der Waals surface area (Å²) in [5.74, 6) is -1.96. The molecule has 0 fully saturated rings. The van der Waals surface area contributed by atoms with Crippen molar-refractivity contribution in [2.45, 2.75) is 19.1 Å². The monoisotopic (exact) mass is 547 g/mol. The van der Waals surface area contributed by atoms with Crippen LogP contribution in [0.4, 0.5) is 10.1 Å². The highest BCUT2D eigenvalue weighted by molar-refractivity contribution is 7.09. The second-order valence-corrected chi connectivity index (χ2v) is 9.35. The Hall–Kier alpha value is -4.77. The number of halogens is 1. The van der Waals surface area contributed by atoms with Crippen molar-refractivity contribution < 1.29 is 23.5 Å². The molecule has 3 aromatic carbocycles. The van der Waals surface area contributed by atoms with E-state index in [0.29, 0.717) is 28.4 Å². The van der Waals surface area contributed by atoms with Crippen molar-refractivity contribution in [3.8, 4) is 5.75 Å². The standard InChI is InChI=1S/C28H26FN5O4S/c1-38-21-9-5-8-18(14-21)16-34(28(37)25-22(30)23(26(31)35)33-39-25)24(19-10-12-20(29)13-11-19)27(36)32-15-17-6-3-2-4-7-17/h2-14,24H,15-16,30H2,1H3,(H2,31,35)(H,32,36). The van der Waals surface area contributed by atoms with Crippen LogP contribution in [0, 0.1) is 5.82 Å². The average Bonchev–Trinajstić information content (AvgIpc) is 3.34. The molecule has 1 unspecified atom stereocenters. The SMILES string of the molecule is COc1cccc(CN(C(=O)c2snc(C(N)=O)c2N)C(C(=O)NCc2ccccc2)c2ccc(F)cc2)c1. The lowest BCUT2D eigenvalue weighted by Crippen LogP contribution is -2.43. The molecule has 4 aromatic rings. The molecule has 1 atom stereocenters. The Kier molecular flexibility index (Phi) is 8.52. The van der Waals surface area contributed by atoms with Crippen LogP contribution in [0.2, 0.25) is 0 Å². The van der Waals surface area contributed by atoms with Crippen LogP contribution in [0.3, 0.4) is 0 Å². The molecule has 1 heterocycles. The molecule has 0 aliphatic heterocycles. The quantitative estimate of drug-likeness (QED) is 0.277. The Bertz CT molecular complexity index is 1480. The van der Waals surface area contributed by atoms with E-state index in [1.54, 1.807) is 24.3 Å². The molecular weight excluding hydrogens is 521 g/mol. The van der Waals surface area contributed by atoms with Gasteiger partial charge in [-0.25, -0.2) is 4.39 Å². The van der Waals surface area contributed by atoms with Gasteiger partial charge < -0.3 is 26.4 Å². The Morgan fingerprint density at radius 2 is 1.72 bits per heavy atom. The molecule has 3 amide bonds. The fourth-order valence-electron chi connectivity index (χ4n) is 4.01. The summed E-state index contributed by atoms with van der Waals surface area (Å²) < 4.78 is 23.1. The average molecular weight is 548 g/mol. The van der Waals surface area contributed by atoms with Gasteiger partial charge in [0.15, 0.2) is 5.69 Å². The number of primary amides is 1. The zero-order chi connectivity index (χ0) is 27.9. The minimum absolute atomic E-state index is 0.0416. The van der Waals surface area contributed by atoms with E-state index in [0.717, 1.165) is 5.56 Å². The van der Waals surface area contributed by atoms with Crippen molar-refractivity contribution in [2.24, 2.45) is 5.73 Å². The second-order valence-electron chi connectivity index (χ2n) is 8.58. The second kappa shape index (κ2) is 12.2. The highest BCUT2D eigenvalue weighted by atomic mass is 32.1. The van der Waals surface area contributed by atoms with Crippen molar-refractivity contribution in [3.63, 3.8) is 0 Å². The number of nitrogens with one attached hydrogen (secondary N) is 1. The molecule has 200 valence electrons. The fraction of sp³-hybridized carbons (Fsp3) is 0.143. The predicted molar refractivity (Wildman–Crippen MR) is 145 cm³/mol. The van der Waals surface area contributed by atoms with Crippen LogP contribution in [0.5, 0.6) is 5.75 Å². The summed E-state index contributed by atoms with van der Waals surface area (Å²) in [7, 11) is 1.52. The van der Waals surface area contributed by atoms with Crippen LogP contribution in [0.15, 0.2) is 78.9 Å². The minimum Gasteiger partial charge on any atom is -0.497 e. The van der Waals surface area contributed by atoms with E-state index in [9.17, 15) is 18.8 Å². The number of nitrogens with two attached hydrogens (primary N) is 2. The minimum atomic E-state index is -1.19. The number of aromatic nitrogens is 1. The lowest BCUT2D eigenvalue weighted by atomic mass is 10.0. The van der Waals surface area contributed by atoms with E-state index >= 15 is 0 Å². The van der Waals surface area contributed by atoms with Gasteiger partial charge in [-0.1, -0.05) is 54.6 Å². The normalized spacial score (nSPS) is 11.4. The maximum absolute atomic E-state index is 14.0. The summed E-state index contributed by atoms with van der Waals surface area (Å²) in [6.07, 6.45) is 0. The zero-order valence-corrected chi connectivity index (χ0v) is 21.8. The summed E-state index contributed by atoms with van der Waals surface area (Å²) in [4.78, 5) is 40.8. The van der Waals surface area contributed by atoms with Crippen molar-refractivity contribution in [2.75, 3.05) is 12.8 Å². The van der Waals surface area contributed by atoms with Gasteiger partial charge in [0.05, 0.1) is 12.8 Å². The van der Waals surface area contributed by atoms with Crippen molar-refractivity contribution >= 4 is 34.9 Å². The lowest BCUT2D eigenvalue weighted by molar-refractivity contribution is -0.126. The molecule has 0 bridgehead atoms. The number of hydrogen-bond donors (Lipinski definition) is 3. The van der Waals surface area contributed by atoms with Crippen LogP contribution >= 0.6 is 11.5 Å². The molecule has 4 rings (SSSR count). The fourth-order valence-corrected chi connectivity index (χ4v) is 4.77. The molecule has 0 spiro atoms. The molecule has 0 aliphatic carbocycles. The van der Waals surface area contributed by atoms with Gasteiger partial charge in [-0.3, -0.25) is 14.4 Å². The van der Waals surface area contributed by atoms with Gasteiger partial charge >= 0.3 is 0 Å². The Balaban J connectivity index is 1.79. The number of carbonyl (C=O) groups is 3. The van der Waals surface area contributed by atoms with Gasteiger partial charge in [-0.05, 0) is 52.5 Å². The molecule has 1 aromatic heterocycles. The smallest absolute Gasteiger partial charge is 0.270 e.